The maximum Gasteiger partial charge on any atom is 0.421 e. The van der Waals surface area contributed by atoms with Crippen LogP contribution in [0, 0.1) is 0 Å². The van der Waals surface area contributed by atoms with Gasteiger partial charge in [0.05, 0.1) is 0 Å². The molecule has 1 aromatic carbocycles. The van der Waals surface area contributed by atoms with E-state index in [1.165, 1.54) is 18.2 Å². The number of alkyl halides is 3. The first-order valence-corrected chi connectivity index (χ1v) is 6.87. The molecule has 1 aliphatic rings. The third-order valence-electron chi connectivity index (χ3n) is 3.56. The summed E-state index contributed by atoms with van der Waals surface area (Å²) in [4.78, 5) is 11.3. The van der Waals surface area contributed by atoms with Crippen LogP contribution in [0.15, 0.2) is 35.9 Å². The van der Waals surface area contributed by atoms with Gasteiger partial charge in [0, 0.05) is 17.9 Å². The van der Waals surface area contributed by atoms with Crippen LogP contribution in [0.4, 0.5) is 13.2 Å². The van der Waals surface area contributed by atoms with Crippen LogP contribution in [-0.2, 0) is 10.4 Å². The number of carbonyl (C=O) groups is 1. The number of rotatable bonds is 3. The Balaban J connectivity index is 2.38. The molecule has 0 heterocycles. The summed E-state index contributed by atoms with van der Waals surface area (Å²) in [5, 5.41) is 10.5. The van der Waals surface area contributed by atoms with E-state index < -0.39 is 18.2 Å². The van der Waals surface area contributed by atoms with Crippen molar-refractivity contribution >= 4 is 17.4 Å². The van der Waals surface area contributed by atoms with E-state index >= 15 is 0 Å². The summed E-state index contributed by atoms with van der Waals surface area (Å²) in [6, 6.07) is 4.91. The highest BCUT2D eigenvalue weighted by atomic mass is 35.5. The number of ketones is 1. The number of halogens is 4. The van der Waals surface area contributed by atoms with Crippen molar-refractivity contribution in [3.63, 3.8) is 0 Å². The standard InChI is InChI=1S/C15H14ClF3O2/c16-12-6-4-11(5-7-12)14(21,15(17,18)19)9-10-2-1-3-13(20)8-10/h4-8,21H,1-3,9H2/t14-/m1/s1. The summed E-state index contributed by atoms with van der Waals surface area (Å²) < 4.78 is 40.0. The van der Waals surface area contributed by atoms with Gasteiger partial charge in [0.15, 0.2) is 11.4 Å². The Morgan fingerprint density at radius 3 is 2.29 bits per heavy atom. The molecule has 0 spiro atoms. The van der Waals surface area contributed by atoms with Gasteiger partial charge in [0.25, 0.3) is 0 Å². The molecule has 0 bridgehead atoms. The van der Waals surface area contributed by atoms with E-state index in [1.807, 2.05) is 0 Å². The minimum Gasteiger partial charge on any atom is -0.376 e. The summed E-state index contributed by atoms with van der Waals surface area (Å²) in [6.45, 7) is 0. The van der Waals surface area contributed by atoms with Crippen molar-refractivity contribution in [2.24, 2.45) is 0 Å². The van der Waals surface area contributed by atoms with Crippen LogP contribution in [0.1, 0.15) is 31.2 Å². The van der Waals surface area contributed by atoms with Crippen LogP contribution in [0.5, 0.6) is 0 Å². The Morgan fingerprint density at radius 1 is 1.14 bits per heavy atom. The lowest BCUT2D eigenvalue weighted by Crippen LogP contribution is -2.42. The second-order valence-electron chi connectivity index (χ2n) is 5.16. The largest absolute Gasteiger partial charge is 0.421 e. The van der Waals surface area contributed by atoms with Gasteiger partial charge in [-0.1, -0.05) is 29.3 Å². The molecule has 0 saturated heterocycles. The van der Waals surface area contributed by atoms with Crippen LogP contribution in [0.3, 0.4) is 0 Å². The second-order valence-corrected chi connectivity index (χ2v) is 5.60. The average Bonchev–Trinajstić information content (AvgIpc) is 2.38. The van der Waals surface area contributed by atoms with Crippen molar-refractivity contribution in [1.82, 2.24) is 0 Å². The van der Waals surface area contributed by atoms with Gasteiger partial charge in [-0.25, -0.2) is 0 Å². The number of benzene rings is 1. The van der Waals surface area contributed by atoms with Crippen LogP contribution in [-0.4, -0.2) is 17.1 Å². The number of carbonyl (C=O) groups excluding carboxylic acids is 1. The van der Waals surface area contributed by atoms with Crippen LogP contribution in [0.25, 0.3) is 0 Å². The van der Waals surface area contributed by atoms with Crippen molar-refractivity contribution in [3.05, 3.63) is 46.5 Å². The number of hydrogen-bond acceptors (Lipinski definition) is 2. The van der Waals surface area contributed by atoms with Gasteiger partial charge in [-0.15, -0.1) is 0 Å². The second kappa shape index (κ2) is 5.81. The number of aliphatic hydroxyl groups is 1. The van der Waals surface area contributed by atoms with Crippen molar-refractivity contribution in [2.75, 3.05) is 0 Å². The minimum absolute atomic E-state index is 0.197. The SMILES string of the molecule is O=C1C=C(C[C@@](O)(c2ccc(Cl)cc2)C(F)(F)F)CCC1. The molecule has 0 aromatic heterocycles. The van der Waals surface area contributed by atoms with Crippen LogP contribution < -0.4 is 0 Å². The third-order valence-corrected chi connectivity index (χ3v) is 3.81. The van der Waals surface area contributed by atoms with E-state index in [-0.39, 0.29) is 16.4 Å². The fourth-order valence-electron chi connectivity index (χ4n) is 2.42. The van der Waals surface area contributed by atoms with Gasteiger partial charge in [-0.05, 0) is 36.6 Å². The molecule has 114 valence electrons. The first-order valence-electron chi connectivity index (χ1n) is 6.50. The Kier molecular flexibility index (Phi) is 4.44. The molecule has 2 rings (SSSR count). The molecular formula is C15H14ClF3O2. The molecule has 2 nitrogen and oxygen atoms in total. The summed E-state index contributed by atoms with van der Waals surface area (Å²) in [5.74, 6) is -0.197. The monoisotopic (exact) mass is 318 g/mol. The highest BCUT2D eigenvalue weighted by molar-refractivity contribution is 6.30. The Labute approximate surface area is 125 Å². The summed E-state index contributed by atoms with van der Waals surface area (Å²) in [5.41, 5.74) is -2.97. The van der Waals surface area contributed by atoms with E-state index in [1.54, 1.807) is 0 Å². The predicted molar refractivity (Wildman–Crippen MR) is 73.0 cm³/mol. The molecule has 6 heteroatoms. The zero-order chi connectivity index (χ0) is 15.7. The van der Waals surface area contributed by atoms with E-state index in [2.05, 4.69) is 0 Å². The molecule has 21 heavy (non-hydrogen) atoms. The maximum absolute atomic E-state index is 13.3. The zero-order valence-corrected chi connectivity index (χ0v) is 11.8. The lowest BCUT2D eigenvalue weighted by molar-refractivity contribution is -0.266. The molecule has 1 aliphatic carbocycles. The molecule has 0 saturated carbocycles. The topological polar surface area (TPSA) is 37.3 Å². The Hall–Kier alpha value is -1.33. The summed E-state index contributed by atoms with van der Waals surface area (Å²) in [6.07, 6.45) is -3.02. The van der Waals surface area contributed by atoms with Gasteiger partial charge in [0.1, 0.15) is 0 Å². The molecule has 0 fully saturated rings. The summed E-state index contributed by atoms with van der Waals surface area (Å²) in [7, 11) is 0. The molecule has 1 aromatic rings. The van der Waals surface area contributed by atoms with Gasteiger partial charge in [-0.2, -0.15) is 13.2 Å². The van der Waals surface area contributed by atoms with Gasteiger partial charge in [-0.3, -0.25) is 4.79 Å². The van der Waals surface area contributed by atoms with E-state index in [0.717, 1.165) is 12.1 Å². The fraction of sp³-hybridized carbons (Fsp3) is 0.400. The lowest BCUT2D eigenvalue weighted by Gasteiger charge is -2.32. The van der Waals surface area contributed by atoms with Crippen LogP contribution >= 0.6 is 11.6 Å². The molecule has 0 unspecified atom stereocenters. The Bertz CT molecular complexity index is 563. The van der Waals surface area contributed by atoms with E-state index in [4.69, 9.17) is 11.6 Å². The van der Waals surface area contributed by atoms with Crippen LogP contribution in [0.2, 0.25) is 5.02 Å². The lowest BCUT2D eigenvalue weighted by atomic mass is 9.83. The maximum atomic E-state index is 13.3. The quantitative estimate of drug-likeness (QED) is 0.908. The van der Waals surface area contributed by atoms with E-state index in [0.29, 0.717) is 24.8 Å². The fourth-order valence-corrected chi connectivity index (χ4v) is 2.55. The number of hydrogen-bond donors (Lipinski definition) is 1. The number of allylic oxidation sites excluding steroid dienone is 1. The van der Waals surface area contributed by atoms with Crippen molar-refractivity contribution < 1.29 is 23.1 Å². The van der Waals surface area contributed by atoms with Crippen molar-refractivity contribution in [1.29, 1.82) is 0 Å². The minimum atomic E-state index is -4.85. The predicted octanol–water partition coefficient (Wildman–Crippen LogP) is 4.16. The highest BCUT2D eigenvalue weighted by Crippen LogP contribution is 2.44. The molecular weight excluding hydrogens is 305 g/mol. The van der Waals surface area contributed by atoms with Crippen molar-refractivity contribution in [3.8, 4) is 0 Å². The normalized spacial score (nSPS) is 19.1. The average molecular weight is 319 g/mol. The van der Waals surface area contributed by atoms with Crippen molar-refractivity contribution in [2.45, 2.75) is 37.5 Å². The molecule has 0 aliphatic heterocycles. The molecule has 0 radical (unpaired) electrons. The molecule has 0 amide bonds. The van der Waals surface area contributed by atoms with Gasteiger partial charge >= 0.3 is 6.18 Å². The Morgan fingerprint density at radius 2 is 1.76 bits per heavy atom. The third kappa shape index (κ3) is 3.47. The van der Waals surface area contributed by atoms with E-state index in [9.17, 15) is 23.1 Å². The summed E-state index contributed by atoms with van der Waals surface area (Å²) >= 11 is 5.67. The molecule has 1 atom stereocenters. The first kappa shape index (κ1) is 16.0. The van der Waals surface area contributed by atoms with Gasteiger partial charge in [0.2, 0.25) is 0 Å². The smallest absolute Gasteiger partial charge is 0.376 e. The van der Waals surface area contributed by atoms with Gasteiger partial charge < -0.3 is 5.11 Å². The highest BCUT2D eigenvalue weighted by Gasteiger charge is 2.55. The first-order chi connectivity index (χ1) is 9.72. The molecule has 1 N–H and O–H groups in total. The zero-order valence-electron chi connectivity index (χ0n) is 11.1.